The first kappa shape index (κ1) is 18.8. The predicted octanol–water partition coefficient (Wildman–Crippen LogP) is 4.71. The van der Waals surface area contributed by atoms with Gasteiger partial charge in [0.05, 0.1) is 0 Å². The molecule has 0 amide bonds. The molecule has 2 heteroatoms. The van der Waals surface area contributed by atoms with Crippen LogP contribution in [0.1, 0.15) is 5.56 Å². The average molecular weight is 318 g/mol. The summed E-state index contributed by atoms with van der Waals surface area (Å²) in [5, 5.41) is 0. The summed E-state index contributed by atoms with van der Waals surface area (Å²) >= 11 is 0. The van der Waals surface area contributed by atoms with Gasteiger partial charge >= 0.3 is 0 Å². The van der Waals surface area contributed by atoms with Crippen molar-refractivity contribution in [2.75, 3.05) is 0 Å². The van der Waals surface area contributed by atoms with Crippen LogP contribution in [0.25, 0.3) is 6.08 Å². The van der Waals surface area contributed by atoms with E-state index in [2.05, 4.69) is 0 Å². The van der Waals surface area contributed by atoms with Crippen LogP contribution in [0.4, 0.5) is 0 Å². The second-order valence-corrected chi connectivity index (χ2v) is 3.83. The summed E-state index contributed by atoms with van der Waals surface area (Å²) in [7, 11) is 0. The molecule has 0 atom stereocenters. The van der Waals surface area contributed by atoms with Crippen molar-refractivity contribution in [1.82, 2.24) is 0 Å². The second kappa shape index (κ2) is 14.3. The third-order valence-corrected chi connectivity index (χ3v) is 2.28. The van der Waals surface area contributed by atoms with E-state index in [0.717, 1.165) is 11.8 Å². The molecule has 0 aliphatic rings. The molecule has 0 N–H and O–H groups in total. The van der Waals surface area contributed by atoms with Crippen LogP contribution >= 0.6 is 0 Å². The van der Waals surface area contributed by atoms with E-state index >= 15 is 0 Å². The Labute approximate surface area is 137 Å². The minimum Gasteiger partial charge on any atom is -0.748 e. The van der Waals surface area contributed by atoms with Crippen molar-refractivity contribution in [3.8, 4) is 0 Å². The molecule has 0 bridgehead atoms. The second-order valence-electron chi connectivity index (χ2n) is 3.83. The van der Waals surface area contributed by atoms with Gasteiger partial charge < -0.3 is 30.3 Å². The number of allylic oxidation sites excluding steroid dienone is 1. The maximum absolute atomic E-state index is 9.89. The molecule has 3 rings (SSSR count). The maximum Gasteiger partial charge on any atom is 0.142 e. The molecule has 0 spiro atoms. The fraction of sp³-hybridized carbons (Fsp3) is 0. The number of aldehydes is 1. The molecule has 0 saturated heterocycles. The Balaban J connectivity index is 0.000000307. The standard InChI is InChI=1S/C9H8O.2C5H5.Fe/c10-8-4-7-9-5-2-1-3-6-9;2*1-2-4-5-3-1;/h1-8H;2*1-5H;/q;-5;-1;. The molecule has 0 heterocycles. The van der Waals surface area contributed by atoms with E-state index in [1.807, 2.05) is 91.0 Å². The number of carbonyl (C=O) groups is 1. The summed E-state index contributed by atoms with van der Waals surface area (Å²) in [5.41, 5.74) is 1.05. The Morgan fingerprint density at radius 2 is 1.29 bits per heavy atom. The van der Waals surface area contributed by atoms with Crippen molar-refractivity contribution in [3.63, 3.8) is 0 Å². The van der Waals surface area contributed by atoms with Gasteiger partial charge in [-0.15, -0.1) is 0 Å². The van der Waals surface area contributed by atoms with Gasteiger partial charge in [0.2, 0.25) is 0 Å². The largest absolute Gasteiger partial charge is 0.748 e. The summed E-state index contributed by atoms with van der Waals surface area (Å²) in [5.74, 6) is 0. The topological polar surface area (TPSA) is 17.1 Å². The van der Waals surface area contributed by atoms with Gasteiger partial charge in [-0.1, -0.05) is 36.4 Å². The van der Waals surface area contributed by atoms with Crippen molar-refractivity contribution in [2.45, 2.75) is 0 Å². The molecule has 0 aliphatic carbocycles. The van der Waals surface area contributed by atoms with Gasteiger partial charge in [-0.05, 0) is 11.6 Å². The van der Waals surface area contributed by atoms with E-state index in [-0.39, 0.29) is 17.1 Å². The van der Waals surface area contributed by atoms with Crippen LogP contribution in [0.5, 0.6) is 0 Å². The predicted molar refractivity (Wildman–Crippen MR) is 85.6 cm³/mol. The molecular weight excluding hydrogens is 300 g/mol. The van der Waals surface area contributed by atoms with Crippen LogP contribution in [0.2, 0.25) is 0 Å². The van der Waals surface area contributed by atoms with Gasteiger partial charge in [0.15, 0.2) is 0 Å². The molecule has 114 valence electrons. The first-order valence-electron chi connectivity index (χ1n) is 6.44. The summed E-state index contributed by atoms with van der Waals surface area (Å²) in [6, 6.07) is 29.7. The number of hydrogen-bond acceptors (Lipinski definition) is 1. The Morgan fingerprint density at radius 3 is 1.67 bits per heavy atom. The van der Waals surface area contributed by atoms with E-state index in [1.54, 1.807) is 6.08 Å². The molecule has 3 aromatic carbocycles. The molecule has 21 heavy (non-hydrogen) atoms. The quantitative estimate of drug-likeness (QED) is 0.289. The Morgan fingerprint density at radius 1 is 0.762 bits per heavy atom. The number of hydrogen-bond donors (Lipinski definition) is 0. The summed E-state index contributed by atoms with van der Waals surface area (Å²) in [6.07, 6.45) is 4.02. The maximum atomic E-state index is 9.89. The van der Waals surface area contributed by atoms with Crippen molar-refractivity contribution >= 4 is 12.4 Å². The summed E-state index contributed by atoms with van der Waals surface area (Å²) in [4.78, 5) is 9.89. The molecule has 0 aliphatic heterocycles. The van der Waals surface area contributed by atoms with Gasteiger partial charge in [0, 0.05) is 17.1 Å². The van der Waals surface area contributed by atoms with Crippen molar-refractivity contribution < 1.29 is 21.9 Å². The number of carbonyl (C=O) groups excluding carboxylic acids is 1. The first-order chi connectivity index (χ1) is 9.93. The van der Waals surface area contributed by atoms with E-state index in [4.69, 9.17) is 0 Å². The van der Waals surface area contributed by atoms with E-state index in [1.165, 1.54) is 6.08 Å². The van der Waals surface area contributed by atoms with Crippen LogP contribution < -0.4 is 0 Å². The average Bonchev–Trinajstić information content (AvgIpc) is 3.23. The normalized spacial score (nSPS) is 8.57. The molecule has 0 saturated carbocycles. The molecule has 0 aromatic heterocycles. The Bertz CT molecular complexity index is 476. The third-order valence-electron chi connectivity index (χ3n) is 2.28. The Hall–Kier alpha value is -2.15. The fourth-order valence-electron chi connectivity index (χ4n) is 1.36. The monoisotopic (exact) mass is 318 g/mol. The zero-order chi connectivity index (χ0) is 14.3. The summed E-state index contributed by atoms with van der Waals surface area (Å²) in [6.45, 7) is 0. The van der Waals surface area contributed by atoms with E-state index < -0.39 is 0 Å². The fourth-order valence-corrected chi connectivity index (χ4v) is 1.36. The summed E-state index contributed by atoms with van der Waals surface area (Å²) < 4.78 is 0. The molecule has 3 aromatic rings. The van der Waals surface area contributed by atoms with E-state index in [0.29, 0.717) is 0 Å². The van der Waals surface area contributed by atoms with Gasteiger partial charge in [-0.2, -0.15) is 18.2 Å². The van der Waals surface area contributed by atoms with Crippen molar-refractivity contribution in [1.29, 1.82) is 0 Å². The van der Waals surface area contributed by atoms with Crippen LogP contribution in [-0.4, -0.2) is 6.29 Å². The minimum absolute atomic E-state index is 0. The third kappa shape index (κ3) is 11.4. The minimum atomic E-state index is 0. The van der Waals surface area contributed by atoms with Crippen LogP contribution in [0.3, 0.4) is 0 Å². The van der Waals surface area contributed by atoms with Gasteiger partial charge in [0.1, 0.15) is 6.29 Å². The van der Waals surface area contributed by atoms with Crippen LogP contribution in [-0.2, 0) is 21.9 Å². The van der Waals surface area contributed by atoms with Gasteiger partial charge in [-0.25, -0.2) is 12.1 Å². The first-order valence-corrected chi connectivity index (χ1v) is 6.44. The zero-order valence-corrected chi connectivity index (χ0v) is 12.8. The van der Waals surface area contributed by atoms with Crippen LogP contribution in [0.15, 0.2) is 97.1 Å². The van der Waals surface area contributed by atoms with Gasteiger partial charge in [0.25, 0.3) is 0 Å². The molecular formula is C19H18FeO-6. The molecule has 0 radical (unpaired) electrons. The number of rotatable bonds is 2. The SMILES string of the molecule is O=CC=Cc1ccccc1.[Fe].[cH-]1[cH-][cH-][cH-][cH-]1.c1cc[cH-]c1. The Kier molecular flexibility index (Phi) is 12.8. The van der Waals surface area contributed by atoms with Crippen molar-refractivity contribution in [2.24, 2.45) is 0 Å². The molecule has 1 nitrogen and oxygen atoms in total. The van der Waals surface area contributed by atoms with Crippen LogP contribution in [0, 0.1) is 0 Å². The molecule has 0 unspecified atom stereocenters. The smallest absolute Gasteiger partial charge is 0.142 e. The number of benzene rings is 1. The van der Waals surface area contributed by atoms with Gasteiger partial charge in [-0.3, -0.25) is 4.79 Å². The van der Waals surface area contributed by atoms with E-state index in [9.17, 15) is 4.79 Å². The molecule has 0 fully saturated rings. The zero-order valence-electron chi connectivity index (χ0n) is 11.7. The van der Waals surface area contributed by atoms with Crippen molar-refractivity contribution in [3.05, 3.63) is 103 Å².